The van der Waals surface area contributed by atoms with Crippen LogP contribution in [0.4, 0.5) is 0 Å². The Morgan fingerprint density at radius 3 is 2.30 bits per heavy atom. The van der Waals surface area contributed by atoms with Gasteiger partial charge in [0, 0.05) is 30.9 Å². The molecule has 0 amide bonds. The summed E-state index contributed by atoms with van der Waals surface area (Å²) in [5.74, 6) is 0.711. The molecule has 150 valence electrons. The molecule has 7 nitrogen and oxygen atoms in total. The molecule has 0 unspecified atom stereocenters. The van der Waals surface area contributed by atoms with Gasteiger partial charge < -0.3 is 24.7 Å². The molecule has 0 bridgehead atoms. The molecule has 2 saturated heterocycles. The van der Waals surface area contributed by atoms with Crippen LogP contribution in [0, 0.1) is 5.92 Å². The number of likely N-dealkylation sites (tertiary alicyclic amines) is 1. The molecule has 27 heavy (non-hydrogen) atoms. The van der Waals surface area contributed by atoms with Crippen LogP contribution in [0.15, 0.2) is 12.4 Å². The number of piperidine rings is 1. The van der Waals surface area contributed by atoms with E-state index in [1.165, 1.54) is 12.8 Å². The van der Waals surface area contributed by atoms with Crippen molar-refractivity contribution in [2.45, 2.75) is 58.2 Å². The summed E-state index contributed by atoms with van der Waals surface area (Å²) in [7, 11) is -0.442. The maximum absolute atomic E-state index is 6.02. The first-order valence-electron chi connectivity index (χ1n) is 10.0. The summed E-state index contributed by atoms with van der Waals surface area (Å²) < 4.78 is 17.8. The largest absolute Gasteiger partial charge is 0.498 e. The molecule has 0 saturated carbocycles. The molecular weight excluding hydrogens is 343 g/mol. The molecule has 2 fully saturated rings. The minimum absolute atomic E-state index is 0.368. The van der Waals surface area contributed by atoms with Crippen molar-refractivity contribution in [2.75, 3.05) is 32.8 Å². The van der Waals surface area contributed by atoms with Crippen molar-refractivity contribution < 1.29 is 14.0 Å². The summed E-state index contributed by atoms with van der Waals surface area (Å²) in [4.78, 5) is 11.1. The number of nitrogens with zero attached hydrogens (tertiary/aromatic N) is 3. The van der Waals surface area contributed by atoms with Gasteiger partial charge in [0.15, 0.2) is 0 Å². The van der Waals surface area contributed by atoms with E-state index >= 15 is 0 Å². The van der Waals surface area contributed by atoms with Gasteiger partial charge in [-0.2, -0.15) is 0 Å². The highest BCUT2D eigenvalue weighted by atomic mass is 16.7. The second kappa shape index (κ2) is 8.43. The second-order valence-electron chi connectivity index (χ2n) is 8.60. The summed E-state index contributed by atoms with van der Waals surface area (Å²) in [6.45, 7) is 12.8. The van der Waals surface area contributed by atoms with E-state index in [2.05, 4.69) is 14.9 Å². The Hall–Kier alpha value is -1.22. The van der Waals surface area contributed by atoms with E-state index in [1.54, 1.807) is 12.4 Å². The minimum atomic E-state index is -0.442. The molecule has 2 aliphatic rings. The summed E-state index contributed by atoms with van der Waals surface area (Å²) >= 11 is 0. The number of hydrogen-bond acceptors (Lipinski definition) is 7. The van der Waals surface area contributed by atoms with Crippen LogP contribution in [-0.2, 0) is 9.31 Å². The van der Waals surface area contributed by atoms with Gasteiger partial charge in [0.2, 0.25) is 0 Å². The first-order chi connectivity index (χ1) is 12.8. The fourth-order valence-electron chi connectivity index (χ4n) is 3.50. The summed E-state index contributed by atoms with van der Waals surface area (Å²) in [5.41, 5.74) is 5.70. The third-order valence-electron chi connectivity index (χ3n) is 6.08. The third kappa shape index (κ3) is 4.99. The van der Waals surface area contributed by atoms with Gasteiger partial charge in [-0.3, -0.25) is 0 Å². The van der Waals surface area contributed by atoms with E-state index in [9.17, 15) is 0 Å². The molecule has 2 aliphatic heterocycles. The predicted molar refractivity (Wildman–Crippen MR) is 106 cm³/mol. The Labute approximate surface area is 163 Å². The van der Waals surface area contributed by atoms with Gasteiger partial charge in [0.1, 0.15) is 0 Å². The van der Waals surface area contributed by atoms with E-state index in [0.717, 1.165) is 38.1 Å². The van der Waals surface area contributed by atoms with Crippen molar-refractivity contribution in [1.82, 2.24) is 14.9 Å². The molecule has 0 aromatic carbocycles. The van der Waals surface area contributed by atoms with E-state index in [-0.39, 0.29) is 11.2 Å². The zero-order valence-electron chi connectivity index (χ0n) is 17.1. The molecule has 0 atom stereocenters. The zero-order valence-corrected chi connectivity index (χ0v) is 17.1. The highest BCUT2D eigenvalue weighted by Gasteiger charge is 2.51. The second-order valence-corrected chi connectivity index (χ2v) is 8.60. The monoisotopic (exact) mass is 376 g/mol. The van der Waals surface area contributed by atoms with Crippen molar-refractivity contribution in [3.05, 3.63) is 12.4 Å². The quantitative estimate of drug-likeness (QED) is 0.717. The molecule has 0 spiro atoms. The molecule has 8 heteroatoms. The molecule has 3 heterocycles. The topological polar surface area (TPSA) is 82.7 Å². The Kier molecular flexibility index (Phi) is 6.41. The van der Waals surface area contributed by atoms with Crippen LogP contribution < -0.4 is 15.9 Å². The molecule has 3 rings (SSSR count). The summed E-state index contributed by atoms with van der Waals surface area (Å²) in [6, 6.07) is 0.413. The van der Waals surface area contributed by atoms with Crippen molar-refractivity contribution in [2.24, 2.45) is 11.7 Å². The molecular formula is C19H33BN4O3. The van der Waals surface area contributed by atoms with Crippen LogP contribution in [0.2, 0.25) is 0 Å². The number of hydrogen-bond donors (Lipinski definition) is 1. The van der Waals surface area contributed by atoms with Crippen LogP contribution in [0.1, 0.15) is 47.0 Å². The van der Waals surface area contributed by atoms with E-state index in [1.807, 2.05) is 27.7 Å². The van der Waals surface area contributed by atoms with Crippen molar-refractivity contribution in [3.63, 3.8) is 0 Å². The van der Waals surface area contributed by atoms with Crippen LogP contribution >= 0.6 is 0 Å². The van der Waals surface area contributed by atoms with Gasteiger partial charge in [0.25, 0.3) is 0 Å². The van der Waals surface area contributed by atoms with Crippen molar-refractivity contribution >= 4 is 12.6 Å². The average Bonchev–Trinajstić information content (AvgIpc) is 2.85. The lowest BCUT2D eigenvalue weighted by atomic mass is 9.81. The molecule has 0 aliphatic carbocycles. The minimum Gasteiger partial charge on any atom is -0.463 e. The van der Waals surface area contributed by atoms with Crippen molar-refractivity contribution in [1.29, 1.82) is 0 Å². The predicted octanol–water partition coefficient (Wildman–Crippen LogP) is 1.22. The number of aromatic nitrogens is 2. The highest BCUT2D eigenvalue weighted by molar-refractivity contribution is 6.61. The lowest BCUT2D eigenvalue weighted by molar-refractivity contribution is 0.00578. The maximum atomic E-state index is 6.02. The SMILES string of the molecule is CC1(C)OB(c2cnc(OCCC3CCN(CCN)CC3)nc2)OC1(C)C. The van der Waals surface area contributed by atoms with Gasteiger partial charge >= 0.3 is 13.1 Å². The molecule has 1 aromatic rings. The molecule has 1 aromatic heterocycles. The Morgan fingerprint density at radius 1 is 1.15 bits per heavy atom. The van der Waals surface area contributed by atoms with Crippen molar-refractivity contribution in [3.8, 4) is 6.01 Å². The lowest BCUT2D eigenvalue weighted by Gasteiger charge is -2.32. The van der Waals surface area contributed by atoms with Crippen LogP contribution in [0.3, 0.4) is 0 Å². The van der Waals surface area contributed by atoms with Gasteiger partial charge in [-0.1, -0.05) is 0 Å². The summed E-state index contributed by atoms with van der Waals surface area (Å²) in [5, 5.41) is 0. The van der Waals surface area contributed by atoms with Crippen LogP contribution in [0.25, 0.3) is 0 Å². The zero-order chi connectivity index (χ0) is 19.5. The van der Waals surface area contributed by atoms with Crippen LogP contribution in [0.5, 0.6) is 6.01 Å². The fourth-order valence-corrected chi connectivity index (χ4v) is 3.50. The first kappa shape index (κ1) is 20.5. The normalized spacial score (nSPS) is 22.9. The van der Waals surface area contributed by atoms with E-state index in [0.29, 0.717) is 18.5 Å². The third-order valence-corrected chi connectivity index (χ3v) is 6.08. The number of rotatable bonds is 7. The average molecular weight is 376 g/mol. The van der Waals surface area contributed by atoms with Gasteiger partial charge in [-0.05, 0) is 66.0 Å². The highest BCUT2D eigenvalue weighted by Crippen LogP contribution is 2.36. The summed E-state index contributed by atoms with van der Waals surface area (Å²) in [6.07, 6.45) is 6.93. The first-order valence-corrected chi connectivity index (χ1v) is 10.0. The number of ether oxygens (including phenoxy) is 1. The fraction of sp³-hybridized carbons (Fsp3) is 0.789. The van der Waals surface area contributed by atoms with Gasteiger partial charge in [-0.15, -0.1) is 0 Å². The van der Waals surface area contributed by atoms with Crippen LogP contribution in [-0.4, -0.2) is 66.0 Å². The molecule has 0 radical (unpaired) electrons. The smallest absolute Gasteiger partial charge is 0.463 e. The lowest BCUT2D eigenvalue weighted by Crippen LogP contribution is -2.41. The van der Waals surface area contributed by atoms with E-state index < -0.39 is 7.12 Å². The Balaban J connectivity index is 1.43. The van der Waals surface area contributed by atoms with E-state index in [4.69, 9.17) is 19.8 Å². The Morgan fingerprint density at radius 2 is 1.74 bits per heavy atom. The van der Waals surface area contributed by atoms with Gasteiger partial charge in [0.05, 0.1) is 17.8 Å². The number of nitrogens with two attached hydrogens (primary N) is 1. The van der Waals surface area contributed by atoms with Gasteiger partial charge in [-0.25, -0.2) is 9.97 Å². The standard InChI is InChI=1S/C19H33BN4O3/c1-18(2)19(3,4)27-20(26-18)16-13-22-17(23-14-16)25-12-7-15-5-9-24(10-6-15)11-8-21/h13-15H,5-12,21H2,1-4H3. The Bertz CT molecular complexity index is 587. The maximum Gasteiger partial charge on any atom is 0.498 e. The molecule has 2 N–H and O–H groups in total.